The highest BCUT2D eigenvalue weighted by Crippen LogP contribution is 2.82. The van der Waals surface area contributed by atoms with Gasteiger partial charge in [0.2, 0.25) is 0 Å². The first-order valence-corrected chi connectivity index (χ1v) is 9.39. The Kier molecular flexibility index (Phi) is 2.28. The zero-order valence-corrected chi connectivity index (χ0v) is 15.2. The van der Waals surface area contributed by atoms with Gasteiger partial charge in [-0.15, -0.1) is 0 Å². The lowest BCUT2D eigenvalue weighted by Crippen LogP contribution is -2.67. The number of ether oxygens (including phenoxy) is 3. The first-order chi connectivity index (χ1) is 12.2. The van der Waals surface area contributed by atoms with Crippen molar-refractivity contribution in [3.05, 3.63) is 24.2 Å². The SMILES string of the molecule is CC12CCC3(OC1=O)C2(C)CC1OC1(C)C31CC(c2ccoc2)OC1=O. The fourth-order valence-electron chi connectivity index (χ4n) is 7.00. The Bertz CT molecular complexity index is 862. The van der Waals surface area contributed by atoms with E-state index in [2.05, 4.69) is 6.92 Å². The lowest BCUT2D eigenvalue weighted by Gasteiger charge is -2.53. The first-order valence-electron chi connectivity index (χ1n) is 9.39. The molecule has 3 saturated heterocycles. The fourth-order valence-corrected chi connectivity index (χ4v) is 7.00. The Balaban J connectivity index is 1.57. The third kappa shape index (κ3) is 1.17. The summed E-state index contributed by atoms with van der Waals surface area (Å²) in [7, 11) is 0. The Labute approximate surface area is 151 Å². The van der Waals surface area contributed by atoms with Gasteiger partial charge in [-0.3, -0.25) is 9.59 Å². The molecule has 5 aliphatic rings. The van der Waals surface area contributed by atoms with Crippen LogP contribution in [0.2, 0.25) is 0 Å². The van der Waals surface area contributed by atoms with Crippen molar-refractivity contribution >= 4 is 11.9 Å². The second kappa shape index (κ2) is 3.88. The van der Waals surface area contributed by atoms with Crippen LogP contribution in [0, 0.1) is 16.2 Å². The van der Waals surface area contributed by atoms with Gasteiger partial charge in [-0.05, 0) is 39.2 Å². The molecule has 138 valence electrons. The average molecular weight is 358 g/mol. The van der Waals surface area contributed by atoms with Crippen LogP contribution < -0.4 is 0 Å². The summed E-state index contributed by atoms with van der Waals surface area (Å²) in [6.07, 6.45) is 5.39. The lowest BCUT2D eigenvalue weighted by molar-refractivity contribution is -0.200. The summed E-state index contributed by atoms with van der Waals surface area (Å²) in [5, 5.41) is 0. The third-order valence-electron chi connectivity index (χ3n) is 8.88. The third-order valence-corrected chi connectivity index (χ3v) is 8.88. The molecule has 26 heavy (non-hydrogen) atoms. The number of hydrogen-bond donors (Lipinski definition) is 0. The molecule has 2 aliphatic carbocycles. The van der Waals surface area contributed by atoms with Crippen LogP contribution in [0.4, 0.5) is 0 Å². The highest BCUT2D eigenvalue weighted by atomic mass is 16.6. The van der Waals surface area contributed by atoms with Crippen molar-refractivity contribution in [1.82, 2.24) is 0 Å². The van der Waals surface area contributed by atoms with Crippen molar-refractivity contribution in [2.24, 2.45) is 16.2 Å². The number of fused-ring (bicyclic) bond motifs is 2. The van der Waals surface area contributed by atoms with E-state index < -0.39 is 33.6 Å². The van der Waals surface area contributed by atoms with Gasteiger partial charge in [-0.2, -0.15) is 0 Å². The van der Waals surface area contributed by atoms with Crippen molar-refractivity contribution in [3.8, 4) is 0 Å². The summed E-state index contributed by atoms with van der Waals surface area (Å²) in [4.78, 5) is 26.3. The molecule has 1 spiro atoms. The Morgan fingerprint density at radius 2 is 1.88 bits per heavy atom. The monoisotopic (exact) mass is 358 g/mol. The molecular formula is C20H22O6. The Morgan fingerprint density at radius 3 is 2.58 bits per heavy atom. The van der Waals surface area contributed by atoms with E-state index in [1.807, 2.05) is 19.9 Å². The second-order valence-corrected chi connectivity index (χ2v) is 9.36. The predicted octanol–water partition coefficient (Wildman–Crippen LogP) is 2.92. The standard InChI is InChI=1S/C20H22O6/c1-16-5-6-20(26-14(16)21)17(16,2)9-13-18(3,25-13)19(20)8-12(24-15(19)22)11-4-7-23-10-11/h4,7,10,12-13H,5-6,8-9H2,1-3H3. The maximum Gasteiger partial charge on any atom is 0.320 e. The van der Waals surface area contributed by atoms with Crippen LogP contribution >= 0.6 is 0 Å². The average Bonchev–Trinajstić information content (AvgIpc) is 2.99. The van der Waals surface area contributed by atoms with Gasteiger partial charge in [0.25, 0.3) is 0 Å². The van der Waals surface area contributed by atoms with Crippen LogP contribution in [-0.2, 0) is 23.8 Å². The number of cyclic esters (lactones) is 1. The summed E-state index contributed by atoms with van der Waals surface area (Å²) in [5.74, 6) is -0.464. The van der Waals surface area contributed by atoms with Crippen LogP contribution in [-0.4, -0.2) is 29.2 Å². The minimum atomic E-state index is -0.969. The normalized spacial score (nSPS) is 56.3. The van der Waals surface area contributed by atoms with Gasteiger partial charge in [-0.1, -0.05) is 6.92 Å². The van der Waals surface area contributed by atoms with Crippen LogP contribution in [0.3, 0.4) is 0 Å². The van der Waals surface area contributed by atoms with Crippen LogP contribution in [0.1, 0.15) is 58.1 Å². The second-order valence-electron chi connectivity index (χ2n) is 9.36. The number of esters is 2. The summed E-state index contributed by atoms with van der Waals surface area (Å²) in [6, 6.07) is 1.82. The van der Waals surface area contributed by atoms with Crippen LogP contribution in [0.15, 0.2) is 23.0 Å². The highest BCUT2D eigenvalue weighted by Gasteiger charge is 2.93. The van der Waals surface area contributed by atoms with Gasteiger partial charge < -0.3 is 18.6 Å². The molecule has 2 bridgehead atoms. The molecule has 1 aromatic rings. The first kappa shape index (κ1) is 15.3. The van der Waals surface area contributed by atoms with Gasteiger partial charge in [0.15, 0.2) is 0 Å². The van der Waals surface area contributed by atoms with Crippen LogP contribution in [0.25, 0.3) is 0 Å². The molecule has 0 radical (unpaired) electrons. The van der Waals surface area contributed by atoms with Gasteiger partial charge in [0.1, 0.15) is 22.7 Å². The largest absolute Gasteiger partial charge is 0.472 e. The van der Waals surface area contributed by atoms with Crippen molar-refractivity contribution in [2.45, 2.75) is 69.9 Å². The topological polar surface area (TPSA) is 78.3 Å². The zero-order valence-electron chi connectivity index (χ0n) is 15.2. The molecule has 0 N–H and O–H groups in total. The smallest absolute Gasteiger partial charge is 0.320 e. The van der Waals surface area contributed by atoms with E-state index in [9.17, 15) is 9.59 Å². The van der Waals surface area contributed by atoms with Crippen molar-refractivity contribution in [3.63, 3.8) is 0 Å². The summed E-state index contributed by atoms with van der Waals surface area (Å²) in [5.41, 5.74) is -2.63. The molecule has 0 aromatic carbocycles. The highest BCUT2D eigenvalue weighted by molar-refractivity contribution is 5.90. The van der Waals surface area contributed by atoms with Gasteiger partial charge in [-0.25, -0.2) is 0 Å². The Hall–Kier alpha value is -1.82. The molecular weight excluding hydrogens is 336 g/mol. The number of hydrogen-bond acceptors (Lipinski definition) is 6. The molecule has 5 fully saturated rings. The van der Waals surface area contributed by atoms with Gasteiger partial charge >= 0.3 is 11.9 Å². The van der Waals surface area contributed by atoms with E-state index in [-0.39, 0.29) is 18.0 Å². The minimum Gasteiger partial charge on any atom is -0.472 e. The summed E-state index contributed by atoms with van der Waals surface area (Å²) < 4.78 is 23.4. The summed E-state index contributed by atoms with van der Waals surface area (Å²) >= 11 is 0. The van der Waals surface area contributed by atoms with E-state index in [1.54, 1.807) is 12.5 Å². The molecule has 4 heterocycles. The van der Waals surface area contributed by atoms with Gasteiger partial charge in [0, 0.05) is 17.4 Å². The molecule has 1 aromatic heterocycles. The molecule has 6 heteroatoms. The molecule has 6 nitrogen and oxygen atoms in total. The maximum atomic E-state index is 13.5. The predicted molar refractivity (Wildman–Crippen MR) is 86.8 cm³/mol. The number of carbonyl (C=O) groups is 2. The quantitative estimate of drug-likeness (QED) is 0.567. The molecule has 7 atom stereocenters. The molecule has 2 saturated carbocycles. The maximum absolute atomic E-state index is 13.5. The van der Waals surface area contributed by atoms with E-state index in [0.717, 1.165) is 18.4 Å². The number of carbonyl (C=O) groups excluding carboxylic acids is 2. The van der Waals surface area contributed by atoms with E-state index in [4.69, 9.17) is 18.6 Å². The number of rotatable bonds is 1. The van der Waals surface area contributed by atoms with Crippen LogP contribution in [0.5, 0.6) is 0 Å². The minimum absolute atomic E-state index is 0.0387. The van der Waals surface area contributed by atoms with E-state index in [1.165, 1.54) is 0 Å². The summed E-state index contributed by atoms with van der Waals surface area (Å²) in [6.45, 7) is 6.11. The number of epoxide rings is 1. The zero-order chi connectivity index (χ0) is 18.2. The van der Waals surface area contributed by atoms with Gasteiger partial charge in [0.05, 0.1) is 24.0 Å². The Morgan fingerprint density at radius 1 is 1.08 bits per heavy atom. The molecule has 0 amide bonds. The van der Waals surface area contributed by atoms with Crippen molar-refractivity contribution in [2.75, 3.05) is 0 Å². The molecule has 7 unspecified atom stereocenters. The fraction of sp³-hybridized carbons (Fsp3) is 0.700. The molecule has 3 aliphatic heterocycles. The molecule has 6 rings (SSSR count). The lowest BCUT2D eigenvalue weighted by atomic mass is 9.46. The van der Waals surface area contributed by atoms with Crippen molar-refractivity contribution in [1.29, 1.82) is 0 Å². The van der Waals surface area contributed by atoms with Crippen molar-refractivity contribution < 1.29 is 28.2 Å². The number of furan rings is 1. The van der Waals surface area contributed by atoms with E-state index >= 15 is 0 Å². The van der Waals surface area contributed by atoms with E-state index in [0.29, 0.717) is 12.8 Å².